The summed E-state index contributed by atoms with van der Waals surface area (Å²) in [6.45, 7) is 1.43. The number of piperidine rings is 1. The second-order valence-electron chi connectivity index (χ2n) is 6.23. The Morgan fingerprint density at radius 1 is 1.14 bits per heavy atom. The van der Waals surface area contributed by atoms with Gasteiger partial charge >= 0.3 is 5.97 Å². The van der Waals surface area contributed by atoms with Gasteiger partial charge in [0.25, 0.3) is 0 Å². The van der Waals surface area contributed by atoms with Crippen molar-refractivity contribution >= 4 is 11.9 Å². The number of hydrogen-bond donors (Lipinski definition) is 1. The van der Waals surface area contributed by atoms with E-state index in [-0.39, 0.29) is 24.2 Å². The highest BCUT2D eigenvalue weighted by Gasteiger charge is 2.46. The van der Waals surface area contributed by atoms with Crippen molar-refractivity contribution in [3.8, 4) is 0 Å². The molecule has 0 spiro atoms. The molecule has 1 aliphatic heterocycles. The van der Waals surface area contributed by atoms with Crippen molar-refractivity contribution in [3.63, 3.8) is 0 Å². The number of aliphatic carboxylic acids is 1. The fraction of sp³-hybridized carbons (Fsp3) is 0.529. The van der Waals surface area contributed by atoms with Gasteiger partial charge in [0.1, 0.15) is 0 Å². The summed E-state index contributed by atoms with van der Waals surface area (Å²) in [6, 6.07) is 10.2. The molecule has 1 aromatic rings. The first-order valence-electron chi connectivity index (χ1n) is 7.70. The second kappa shape index (κ2) is 5.88. The molecule has 1 aromatic carbocycles. The molecular formula is C17H21NO3. The average Bonchev–Trinajstić information content (AvgIpc) is 3.28. The maximum absolute atomic E-state index is 12.5. The third-order valence-electron chi connectivity index (χ3n) is 4.72. The molecule has 1 N–H and O–H groups in total. The molecule has 1 saturated carbocycles. The van der Waals surface area contributed by atoms with Gasteiger partial charge < -0.3 is 10.0 Å². The number of carboxylic acids is 1. The largest absolute Gasteiger partial charge is 0.481 e. The lowest BCUT2D eigenvalue weighted by Gasteiger charge is -2.31. The average molecular weight is 287 g/mol. The van der Waals surface area contributed by atoms with Crippen LogP contribution in [0.4, 0.5) is 0 Å². The summed E-state index contributed by atoms with van der Waals surface area (Å²) >= 11 is 0. The van der Waals surface area contributed by atoms with Gasteiger partial charge in [-0.2, -0.15) is 0 Å². The van der Waals surface area contributed by atoms with Crippen molar-refractivity contribution in [3.05, 3.63) is 35.9 Å². The zero-order valence-corrected chi connectivity index (χ0v) is 12.1. The van der Waals surface area contributed by atoms with Crippen LogP contribution in [0.15, 0.2) is 30.3 Å². The summed E-state index contributed by atoms with van der Waals surface area (Å²) in [5.74, 6) is 0.290. The molecule has 0 aromatic heterocycles. The topological polar surface area (TPSA) is 57.6 Å². The lowest BCUT2D eigenvalue weighted by atomic mass is 9.93. The maximum atomic E-state index is 12.5. The molecule has 2 fully saturated rings. The molecule has 2 aliphatic rings. The van der Waals surface area contributed by atoms with Crippen LogP contribution in [0.3, 0.4) is 0 Å². The Morgan fingerprint density at radius 3 is 2.43 bits per heavy atom. The van der Waals surface area contributed by atoms with Crippen molar-refractivity contribution in [2.75, 3.05) is 13.1 Å². The van der Waals surface area contributed by atoms with Gasteiger partial charge in [0, 0.05) is 25.4 Å². The van der Waals surface area contributed by atoms with Crippen molar-refractivity contribution in [2.24, 2.45) is 11.8 Å². The standard InChI is InChI=1S/C17H21NO3/c19-16(20)10-12-6-8-18(9-7-12)17(21)15-11-14(15)13-4-2-1-3-5-13/h1-5,12,14-15H,6-11H2,(H,19,20). The van der Waals surface area contributed by atoms with Crippen LogP contribution in [0.25, 0.3) is 0 Å². The van der Waals surface area contributed by atoms with E-state index in [1.807, 2.05) is 23.1 Å². The molecule has 112 valence electrons. The Morgan fingerprint density at radius 2 is 1.81 bits per heavy atom. The minimum absolute atomic E-state index is 0.142. The van der Waals surface area contributed by atoms with Gasteiger partial charge in [-0.05, 0) is 36.7 Å². The van der Waals surface area contributed by atoms with Crippen LogP contribution in [0.5, 0.6) is 0 Å². The van der Waals surface area contributed by atoms with E-state index in [9.17, 15) is 9.59 Å². The van der Waals surface area contributed by atoms with Gasteiger partial charge in [0.15, 0.2) is 0 Å². The molecule has 3 rings (SSSR count). The Bertz CT molecular complexity index is 520. The van der Waals surface area contributed by atoms with Gasteiger partial charge in [-0.15, -0.1) is 0 Å². The fourth-order valence-electron chi connectivity index (χ4n) is 3.38. The highest BCUT2D eigenvalue weighted by molar-refractivity contribution is 5.83. The predicted octanol–water partition coefficient (Wildman–Crippen LogP) is 2.50. The molecule has 21 heavy (non-hydrogen) atoms. The lowest BCUT2D eigenvalue weighted by molar-refractivity contribution is -0.138. The SMILES string of the molecule is O=C(O)CC1CCN(C(=O)C2CC2c2ccccc2)CC1. The summed E-state index contributed by atoms with van der Waals surface area (Å²) in [4.78, 5) is 25.1. The maximum Gasteiger partial charge on any atom is 0.303 e. The molecule has 0 radical (unpaired) electrons. The Balaban J connectivity index is 1.51. The van der Waals surface area contributed by atoms with Crippen LogP contribution in [0, 0.1) is 11.8 Å². The Hall–Kier alpha value is -1.84. The number of benzene rings is 1. The quantitative estimate of drug-likeness (QED) is 0.925. The molecular weight excluding hydrogens is 266 g/mol. The number of nitrogens with zero attached hydrogens (tertiary/aromatic N) is 1. The van der Waals surface area contributed by atoms with E-state index in [4.69, 9.17) is 5.11 Å². The molecule has 1 saturated heterocycles. The summed E-state index contributed by atoms with van der Waals surface area (Å²) in [6.07, 6.45) is 2.83. The summed E-state index contributed by atoms with van der Waals surface area (Å²) in [5.41, 5.74) is 1.26. The van der Waals surface area contributed by atoms with Gasteiger partial charge in [0.05, 0.1) is 0 Å². The summed E-state index contributed by atoms with van der Waals surface area (Å²) in [7, 11) is 0. The molecule has 2 atom stereocenters. The first kappa shape index (κ1) is 14.1. The zero-order chi connectivity index (χ0) is 14.8. The normalized spacial score (nSPS) is 25.6. The molecule has 1 aliphatic carbocycles. The summed E-state index contributed by atoms with van der Waals surface area (Å²) < 4.78 is 0. The number of carboxylic acid groups (broad SMARTS) is 1. The molecule has 4 nitrogen and oxygen atoms in total. The molecule has 4 heteroatoms. The van der Waals surface area contributed by atoms with Gasteiger partial charge in [-0.3, -0.25) is 9.59 Å². The lowest BCUT2D eigenvalue weighted by Crippen LogP contribution is -2.39. The van der Waals surface area contributed by atoms with Gasteiger partial charge in [-0.1, -0.05) is 30.3 Å². The van der Waals surface area contributed by atoms with E-state index in [2.05, 4.69) is 12.1 Å². The van der Waals surface area contributed by atoms with Crippen molar-refractivity contribution in [1.29, 1.82) is 0 Å². The van der Waals surface area contributed by atoms with E-state index >= 15 is 0 Å². The van der Waals surface area contributed by atoms with Crippen LogP contribution in [0.2, 0.25) is 0 Å². The van der Waals surface area contributed by atoms with E-state index in [0.717, 1.165) is 32.4 Å². The molecule has 1 amide bonds. The Kier molecular flexibility index (Phi) is 3.95. The number of likely N-dealkylation sites (tertiary alicyclic amines) is 1. The van der Waals surface area contributed by atoms with Crippen molar-refractivity contribution < 1.29 is 14.7 Å². The number of rotatable bonds is 4. The molecule has 0 bridgehead atoms. The molecule has 1 heterocycles. The van der Waals surface area contributed by atoms with Gasteiger partial charge in [-0.25, -0.2) is 0 Å². The van der Waals surface area contributed by atoms with Crippen LogP contribution in [-0.4, -0.2) is 35.0 Å². The van der Waals surface area contributed by atoms with Gasteiger partial charge in [0.2, 0.25) is 5.91 Å². The Labute approximate surface area is 124 Å². The monoisotopic (exact) mass is 287 g/mol. The first-order chi connectivity index (χ1) is 10.1. The van der Waals surface area contributed by atoms with E-state index in [1.165, 1.54) is 5.56 Å². The second-order valence-corrected chi connectivity index (χ2v) is 6.23. The highest BCUT2D eigenvalue weighted by Crippen LogP contribution is 2.48. The summed E-state index contributed by atoms with van der Waals surface area (Å²) in [5, 5.41) is 8.82. The van der Waals surface area contributed by atoms with E-state index in [0.29, 0.717) is 5.92 Å². The van der Waals surface area contributed by atoms with Crippen LogP contribution < -0.4 is 0 Å². The van der Waals surface area contributed by atoms with E-state index < -0.39 is 5.97 Å². The number of hydrogen-bond acceptors (Lipinski definition) is 2. The third kappa shape index (κ3) is 3.26. The highest BCUT2D eigenvalue weighted by atomic mass is 16.4. The third-order valence-corrected chi connectivity index (χ3v) is 4.72. The fourth-order valence-corrected chi connectivity index (χ4v) is 3.38. The van der Waals surface area contributed by atoms with Crippen LogP contribution in [-0.2, 0) is 9.59 Å². The van der Waals surface area contributed by atoms with Crippen molar-refractivity contribution in [2.45, 2.75) is 31.6 Å². The van der Waals surface area contributed by atoms with Crippen LogP contribution in [0.1, 0.15) is 37.2 Å². The minimum atomic E-state index is -0.730. The number of carbonyl (C=O) groups is 2. The number of amides is 1. The zero-order valence-electron chi connectivity index (χ0n) is 12.1. The first-order valence-corrected chi connectivity index (χ1v) is 7.70. The van der Waals surface area contributed by atoms with Crippen molar-refractivity contribution in [1.82, 2.24) is 4.90 Å². The molecule has 2 unspecified atom stereocenters. The van der Waals surface area contributed by atoms with E-state index in [1.54, 1.807) is 0 Å². The number of carbonyl (C=O) groups excluding carboxylic acids is 1. The smallest absolute Gasteiger partial charge is 0.303 e. The van der Waals surface area contributed by atoms with Crippen LogP contribution >= 0.6 is 0 Å². The predicted molar refractivity (Wildman–Crippen MR) is 78.8 cm³/mol. The minimum Gasteiger partial charge on any atom is -0.481 e.